The predicted molar refractivity (Wildman–Crippen MR) is 56.2 cm³/mol. The number of aromatic nitrogens is 2. The van der Waals surface area contributed by atoms with Gasteiger partial charge in [-0.15, -0.1) is 10.2 Å². The van der Waals surface area contributed by atoms with Crippen LogP contribution in [0.5, 0.6) is 0 Å². The fourth-order valence-corrected chi connectivity index (χ4v) is 2.17. The number of halogens is 4. The van der Waals surface area contributed by atoms with Gasteiger partial charge in [0.15, 0.2) is 3.92 Å². The summed E-state index contributed by atoms with van der Waals surface area (Å²) in [6.45, 7) is 1.16. The molecular formula is C7H9BrF3N3S. The highest BCUT2D eigenvalue weighted by Gasteiger charge is 2.31. The van der Waals surface area contributed by atoms with Crippen LogP contribution in [-0.4, -0.2) is 29.5 Å². The van der Waals surface area contributed by atoms with Gasteiger partial charge in [0.05, 0.1) is 0 Å². The van der Waals surface area contributed by atoms with Crippen LogP contribution in [0.25, 0.3) is 0 Å². The lowest BCUT2D eigenvalue weighted by atomic mass is 10.4. The first kappa shape index (κ1) is 12.7. The topological polar surface area (TPSA) is 29.0 Å². The molecule has 1 heterocycles. The molecule has 0 aliphatic heterocycles. The third-order valence-electron chi connectivity index (χ3n) is 1.52. The smallest absolute Gasteiger partial charge is 0.338 e. The van der Waals surface area contributed by atoms with Crippen molar-refractivity contribution < 1.29 is 13.2 Å². The molecule has 0 saturated heterocycles. The Morgan fingerprint density at radius 2 is 2.07 bits per heavy atom. The highest BCUT2D eigenvalue weighted by molar-refractivity contribution is 9.11. The lowest BCUT2D eigenvalue weighted by Crippen LogP contribution is -2.34. The lowest BCUT2D eigenvalue weighted by Gasteiger charge is -2.21. The van der Waals surface area contributed by atoms with Crippen molar-refractivity contribution in [2.75, 3.05) is 18.0 Å². The number of hydrogen-bond donors (Lipinski definition) is 0. The third-order valence-corrected chi connectivity index (χ3v) is 2.94. The summed E-state index contributed by atoms with van der Waals surface area (Å²) in [4.78, 5) is 1.18. The van der Waals surface area contributed by atoms with Gasteiger partial charge in [-0.1, -0.05) is 18.3 Å². The molecule has 0 N–H and O–H groups in total. The second kappa shape index (κ2) is 5.11. The molecule has 1 aromatic rings. The minimum Gasteiger partial charge on any atom is -0.338 e. The monoisotopic (exact) mass is 303 g/mol. The zero-order valence-electron chi connectivity index (χ0n) is 7.88. The number of rotatable bonds is 4. The molecule has 0 aliphatic rings. The third kappa shape index (κ3) is 4.33. The van der Waals surface area contributed by atoms with Gasteiger partial charge >= 0.3 is 6.18 Å². The number of hydrogen-bond acceptors (Lipinski definition) is 4. The summed E-state index contributed by atoms with van der Waals surface area (Å²) in [6.07, 6.45) is -3.58. The molecule has 86 valence electrons. The van der Waals surface area contributed by atoms with Gasteiger partial charge in [0.1, 0.15) is 6.54 Å². The van der Waals surface area contributed by atoms with Crippen molar-refractivity contribution in [3.63, 3.8) is 0 Å². The summed E-state index contributed by atoms with van der Waals surface area (Å²) in [5.74, 6) is 0. The van der Waals surface area contributed by atoms with E-state index in [2.05, 4.69) is 26.1 Å². The van der Waals surface area contributed by atoms with Crippen LogP contribution >= 0.6 is 27.3 Å². The molecule has 0 bridgehead atoms. The molecule has 0 aromatic carbocycles. The second-order valence-corrected chi connectivity index (χ2v) is 5.11. The van der Waals surface area contributed by atoms with Crippen LogP contribution < -0.4 is 4.90 Å². The standard InChI is InChI=1S/C7H9BrF3N3S/c1-2-3-14(4-7(9,10)11)6-13-12-5(8)15-6/h2-4H2,1H3. The first-order valence-corrected chi connectivity index (χ1v) is 5.84. The highest BCUT2D eigenvalue weighted by atomic mass is 79.9. The summed E-state index contributed by atoms with van der Waals surface area (Å²) in [5.41, 5.74) is 0. The minimum absolute atomic E-state index is 0.293. The Morgan fingerprint density at radius 3 is 2.47 bits per heavy atom. The van der Waals surface area contributed by atoms with Crippen molar-refractivity contribution in [1.82, 2.24) is 10.2 Å². The Morgan fingerprint density at radius 1 is 1.40 bits per heavy atom. The van der Waals surface area contributed by atoms with Crippen LogP contribution in [0, 0.1) is 0 Å². The van der Waals surface area contributed by atoms with E-state index in [1.54, 1.807) is 0 Å². The van der Waals surface area contributed by atoms with Crippen molar-refractivity contribution in [3.05, 3.63) is 3.92 Å². The van der Waals surface area contributed by atoms with E-state index in [0.717, 1.165) is 11.3 Å². The van der Waals surface area contributed by atoms with Crippen molar-refractivity contribution in [2.24, 2.45) is 0 Å². The average molecular weight is 304 g/mol. The van der Waals surface area contributed by atoms with E-state index in [9.17, 15) is 13.2 Å². The van der Waals surface area contributed by atoms with E-state index >= 15 is 0 Å². The molecule has 0 aliphatic carbocycles. The van der Waals surface area contributed by atoms with Gasteiger partial charge < -0.3 is 4.90 Å². The Balaban J connectivity index is 2.74. The van der Waals surface area contributed by atoms with Gasteiger partial charge in [-0.2, -0.15) is 13.2 Å². The first-order valence-electron chi connectivity index (χ1n) is 4.23. The summed E-state index contributed by atoms with van der Waals surface area (Å²) in [6, 6.07) is 0. The molecular weight excluding hydrogens is 295 g/mol. The van der Waals surface area contributed by atoms with E-state index in [1.807, 2.05) is 6.92 Å². The summed E-state index contributed by atoms with van der Waals surface area (Å²) < 4.78 is 37.2. The van der Waals surface area contributed by atoms with Gasteiger partial charge in [0.25, 0.3) is 0 Å². The average Bonchev–Trinajstić information content (AvgIpc) is 2.48. The summed E-state index contributed by atoms with van der Waals surface area (Å²) in [7, 11) is 0. The van der Waals surface area contributed by atoms with Gasteiger partial charge in [-0.05, 0) is 22.4 Å². The van der Waals surface area contributed by atoms with Crippen LogP contribution in [0.15, 0.2) is 3.92 Å². The maximum Gasteiger partial charge on any atom is 0.406 e. The zero-order chi connectivity index (χ0) is 11.5. The van der Waals surface area contributed by atoms with Crippen molar-refractivity contribution in [1.29, 1.82) is 0 Å². The fourth-order valence-electron chi connectivity index (χ4n) is 1.05. The lowest BCUT2D eigenvalue weighted by molar-refractivity contribution is -0.119. The minimum atomic E-state index is -4.21. The van der Waals surface area contributed by atoms with Crippen molar-refractivity contribution >= 4 is 32.4 Å². The molecule has 0 amide bonds. The maximum atomic E-state index is 12.2. The van der Waals surface area contributed by atoms with Crippen LogP contribution in [-0.2, 0) is 0 Å². The van der Waals surface area contributed by atoms with Gasteiger partial charge in [-0.25, -0.2) is 0 Å². The molecule has 1 rings (SSSR count). The predicted octanol–water partition coefficient (Wildman–Crippen LogP) is 3.08. The molecule has 3 nitrogen and oxygen atoms in total. The normalized spacial score (nSPS) is 11.8. The Hall–Kier alpha value is -0.370. The SMILES string of the molecule is CCCN(CC(F)(F)F)c1nnc(Br)s1. The molecule has 0 spiro atoms. The van der Waals surface area contributed by atoms with E-state index < -0.39 is 12.7 Å². The second-order valence-electron chi connectivity index (χ2n) is 2.87. The fraction of sp³-hybridized carbons (Fsp3) is 0.714. The molecule has 15 heavy (non-hydrogen) atoms. The van der Waals surface area contributed by atoms with E-state index in [-0.39, 0.29) is 0 Å². The summed E-state index contributed by atoms with van der Waals surface area (Å²) in [5, 5.41) is 7.59. The van der Waals surface area contributed by atoms with E-state index in [0.29, 0.717) is 22.0 Å². The Bertz CT molecular complexity index is 315. The molecule has 0 fully saturated rings. The number of alkyl halides is 3. The van der Waals surface area contributed by atoms with Crippen LogP contribution in [0.1, 0.15) is 13.3 Å². The van der Waals surface area contributed by atoms with Crippen LogP contribution in [0.2, 0.25) is 0 Å². The molecule has 0 saturated carbocycles. The molecule has 1 aromatic heterocycles. The first-order chi connectivity index (χ1) is 6.92. The molecule has 0 radical (unpaired) electrons. The number of anilines is 1. The number of nitrogens with zero attached hydrogens (tertiary/aromatic N) is 3. The van der Waals surface area contributed by atoms with E-state index in [4.69, 9.17) is 0 Å². The summed E-state index contributed by atoms with van der Waals surface area (Å²) >= 11 is 4.17. The molecule has 0 atom stereocenters. The largest absolute Gasteiger partial charge is 0.406 e. The van der Waals surface area contributed by atoms with Crippen molar-refractivity contribution in [2.45, 2.75) is 19.5 Å². The van der Waals surface area contributed by atoms with Crippen LogP contribution in [0.4, 0.5) is 18.3 Å². The Kier molecular flexibility index (Phi) is 4.32. The molecule has 0 unspecified atom stereocenters. The quantitative estimate of drug-likeness (QED) is 0.856. The highest BCUT2D eigenvalue weighted by Crippen LogP contribution is 2.27. The van der Waals surface area contributed by atoms with Gasteiger partial charge in [0, 0.05) is 6.54 Å². The molecule has 8 heteroatoms. The zero-order valence-corrected chi connectivity index (χ0v) is 10.3. The van der Waals surface area contributed by atoms with Crippen LogP contribution in [0.3, 0.4) is 0 Å². The van der Waals surface area contributed by atoms with Gasteiger partial charge in [-0.3, -0.25) is 0 Å². The Labute approximate surface area is 97.4 Å². The van der Waals surface area contributed by atoms with E-state index in [1.165, 1.54) is 4.90 Å². The van der Waals surface area contributed by atoms with Crippen molar-refractivity contribution in [3.8, 4) is 0 Å². The maximum absolute atomic E-state index is 12.2. The van der Waals surface area contributed by atoms with Gasteiger partial charge in [0.2, 0.25) is 5.13 Å².